The van der Waals surface area contributed by atoms with Gasteiger partial charge in [-0.3, -0.25) is 0 Å². The van der Waals surface area contributed by atoms with Crippen molar-refractivity contribution in [1.82, 2.24) is 9.55 Å². The average molecular weight is 311 g/mol. The molecule has 0 N–H and O–H groups in total. The van der Waals surface area contributed by atoms with Gasteiger partial charge in [0.2, 0.25) is 0 Å². The van der Waals surface area contributed by atoms with Gasteiger partial charge in [-0.05, 0) is 36.8 Å². The van der Waals surface area contributed by atoms with Gasteiger partial charge in [0.15, 0.2) is 0 Å². The van der Waals surface area contributed by atoms with Gasteiger partial charge in [-0.25, -0.2) is 4.98 Å². The first-order valence-corrected chi connectivity index (χ1v) is 8.30. The molecule has 1 fully saturated rings. The molecule has 0 saturated heterocycles. The van der Waals surface area contributed by atoms with Crippen molar-refractivity contribution in [2.24, 2.45) is 11.8 Å². The highest BCUT2D eigenvalue weighted by atomic mass is 35.5. The highest BCUT2D eigenvalue weighted by Crippen LogP contribution is 2.32. The standard InChI is InChI=1S/C16H20Cl2N2/c1-11-5-7-12(8-6-11)10-20-15(9-17)19-14-4-2-3-13(18)16(14)20/h2-4,11-12H,5-10H2,1H3. The minimum absolute atomic E-state index is 0.439. The summed E-state index contributed by atoms with van der Waals surface area (Å²) in [5.74, 6) is 2.98. The van der Waals surface area contributed by atoms with Crippen LogP contribution in [0.1, 0.15) is 38.4 Å². The maximum absolute atomic E-state index is 6.37. The molecule has 1 aromatic heterocycles. The highest BCUT2D eigenvalue weighted by molar-refractivity contribution is 6.35. The van der Waals surface area contributed by atoms with Gasteiger partial charge in [-0.2, -0.15) is 0 Å². The Morgan fingerprint density at radius 3 is 2.70 bits per heavy atom. The maximum Gasteiger partial charge on any atom is 0.124 e. The first-order chi connectivity index (χ1) is 9.69. The van der Waals surface area contributed by atoms with Gasteiger partial charge in [0.1, 0.15) is 5.82 Å². The van der Waals surface area contributed by atoms with Gasteiger partial charge in [0.25, 0.3) is 0 Å². The third-order valence-corrected chi connectivity index (χ3v) is 5.04. The van der Waals surface area contributed by atoms with E-state index >= 15 is 0 Å². The number of rotatable bonds is 3. The largest absolute Gasteiger partial charge is 0.325 e. The number of hydrogen-bond donors (Lipinski definition) is 0. The molecule has 0 aliphatic heterocycles. The van der Waals surface area contributed by atoms with Gasteiger partial charge in [0.05, 0.1) is 21.9 Å². The molecule has 0 bridgehead atoms. The van der Waals surface area contributed by atoms with Crippen molar-refractivity contribution in [3.05, 3.63) is 29.0 Å². The Morgan fingerprint density at radius 1 is 1.25 bits per heavy atom. The number of nitrogens with zero attached hydrogens (tertiary/aromatic N) is 2. The molecule has 1 aromatic carbocycles. The molecule has 1 saturated carbocycles. The van der Waals surface area contributed by atoms with Crippen LogP contribution in [0.5, 0.6) is 0 Å². The molecule has 0 radical (unpaired) electrons. The van der Waals surface area contributed by atoms with E-state index in [9.17, 15) is 0 Å². The van der Waals surface area contributed by atoms with E-state index in [0.717, 1.165) is 40.3 Å². The highest BCUT2D eigenvalue weighted by Gasteiger charge is 2.21. The number of para-hydroxylation sites is 1. The second-order valence-electron chi connectivity index (χ2n) is 6.01. The predicted molar refractivity (Wildman–Crippen MR) is 85.4 cm³/mol. The van der Waals surface area contributed by atoms with E-state index in [-0.39, 0.29) is 0 Å². The van der Waals surface area contributed by atoms with E-state index in [1.54, 1.807) is 0 Å². The van der Waals surface area contributed by atoms with Crippen LogP contribution in [0.25, 0.3) is 11.0 Å². The molecule has 0 atom stereocenters. The Kier molecular flexibility index (Phi) is 4.23. The third-order valence-electron chi connectivity index (χ3n) is 4.49. The number of alkyl halides is 1. The second kappa shape index (κ2) is 5.95. The SMILES string of the molecule is CC1CCC(Cn2c(CCl)nc3cccc(Cl)c32)CC1. The Bertz CT molecular complexity index is 598. The van der Waals surface area contributed by atoms with Crippen LogP contribution in [-0.2, 0) is 12.4 Å². The zero-order valence-corrected chi connectivity index (χ0v) is 13.3. The molecule has 0 spiro atoms. The minimum Gasteiger partial charge on any atom is -0.325 e. The zero-order valence-electron chi connectivity index (χ0n) is 11.8. The molecule has 2 aromatic rings. The number of hydrogen-bond acceptors (Lipinski definition) is 1. The summed E-state index contributed by atoms with van der Waals surface area (Å²) in [4.78, 5) is 4.62. The third kappa shape index (κ3) is 2.68. The fourth-order valence-electron chi connectivity index (χ4n) is 3.26. The average Bonchev–Trinajstić information content (AvgIpc) is 2.81. The summed E-state index contributed by atoms with van der Waals surface area (Å²) >= 11 is 12.4. The molecule has 0 amide bonds. The smallest absolute Gasteiger partial charge is 0.124 e. The zero-order chi connectivity index (χ0) is 14.1. The van der Waals surface area contributed by atoms with Gasteiger partial charge in [-0.1, -0.05) is 37.4 Å². The Labute approximate surface area is 130 Å². The molecule has 0 unspecified atom stereocenters. The molecule has 2 nitrogen and oxygen atoms in total. The van der Waals surface area contributed by atoms with Crippen LogP contribution in [0, 0.1) is 11.8 Å². The van der Waals surface area contributed by atoms with Gasteiger partial charge < -0.3 is 4.57 Å². The van der Waals surface area contributed by atoms with E-state index < -0.39 is 0 Å². The quantitative estimate of drug-likeness (QED) is 0.707. The number of imidazole rings is 1. The Hall–Kier alpha value is -0.730. The first kappa shape index (κ1) is 14.2. The Balaban J connectivity index is 1.93. The lowest BCUT2D eigenvalue weighted by molar-refractivity contribution is 0.265. The van der Waals surface area contributed by atoms with Crippen LogP contribution in [0.3, 0.4) is 0 Å². The predicted octanol–water partition coefficient (Wildman–Crippen LogP) is 5.25. The monoisotopic (exact) mass is 310 g/mol. The van der Waals surface area contributed by atoms with Gasteiger partial charge in [0, 0.05) is 6.54 Å². The van der Waals surface area contributed by atoms with Crippen LogP contribution in [0.15, 0.2) is 18.2 Å². The molecule has 20 heavy (non-hydrogen) atoms. The van der Waals surface area contributed by atoms with Crippen LogP contribution < -0.4 is 0 Å². The maximum atomic E-state index is 6.37. The number of benzene rings is 1. The molecule has 1 aliphatic carbocycles. The second-order valence-corrected chi connectivity index (χ2v) is 6.68. The number of fused-ring (bicyclic) bond motifs is 1. The van der Waals surface area contributed by atoms with Crippen LogP contribution in [-0.4, -0.2) is 9.55 Å². The summed E-state index contributed by atoms with van der Waals surface area (Å²) in [5, 5.41) is 0.774. The van der Waals surface area contributed by atoms with E-state index in [1.165, 1.54) is 25.7 Å². The number of halogens is 2. The van der Waals surface area contributed by atoms with Gasteiger partial charge in [-0.15, -0.1) is 11.6 Å². The van der Waals surface area contributed by atoms with Crippen molar-refractivity contribution in [2.75, 3.05) is 0 Å². The lowest BCUT2D eigenvalue weighted by atomic mass is 9.83. The van der Waals surface area contributed by atoms with E-state index in [2.05, 4.69) is 16.5 Å². The van der Waals surface area contributed by atoms with Crippen molar-refractivity contribution in [3.8, 4) is 0 Å². The molecule has 108 valence electrons. The minimum atomic E-state index is 0.439. The van der Waals surface area contributed by atoms with Gasteiger partial charge >= 0.3 is 0 Å². The van der Waals surface area contributed by atoms with Crippen LogP contribution in [0.4, 0.5) is 0 Å². The Morgan fingerprint density at radius 2 is 2.00 bits per heavy atom. The van der Waals surface area contributed by atoms with Crippen molar-refractivity contribution in [1.29, 1.82) is 0 Å². The molecule has 3 rings (SSSR count). The van der Waals surface area contributed by atoms with Crippen LogP contribution >= 0.6 is 23.2 Å². The fraction of sp³-hybridized carbons (Fsp3) is 0.562. The first-order valence-electron chi connectivity index (χ1n) is 7.38. The van der Waals surface area contributed by atoms with Crippen molar-refractivity contribution in [2.45, 2.75) is 45.0 Å². The summed E-state index contributed by atoms with van der Waals surface area (Å²) < 4.78 is 2.24. The van der Waals surface area contributed by atoms with E-state index in [0.29, 0.717) is 5.88 Å². The summed E-state index contributed by atoms with van der Waals surface area (Å²) in [5.41, 5.74) is 2.00. The summed E-state index contributed by atoms with van der Waals surface area (Å²) in [6, 6.07) is 5.89. The normalized spacial score (nSPS) is 23.4. The molecule has 1 heterocycles. The van der Waals surface area contributed by atoms with Crippen molar-refractivity contribution in [3.63, 3.8) is 0 Å². The summed E-state index contributed by atoms with van der Waals surface area (Å²) in [6.45, 7) is 3.35. The fourth-order valence-corrected chi connectivity index (χ4v) is 3.73. The molecule has 1 aliphatic rings. The summed E-state index contributed by atoms with van der Waals surface area (Å²) in [7, 11) is 0. The van der Waals surface area contributed by atoms with Crippen molar-refractivity contribution < 1.29 is 0 Å². The number of aromatic nitrogens is 2. The van der Waals surface area contributed by atoms with E-state index in [4.69, 9.17) is 23.2 Å². The van der Waals surface area contributed by atoms with Crippen LogP contribution in [0.2, 0.25) is 5.02 Å². The van der Waals surface area contributed by atoms with Crippen molar-refractivity contribution >= 4 is 34.2 Å². The topological polar surface area (TPSA) is 17.8 Å². The molecular weight excluding hydrogens is 291 g/mol. The molecular formula is C16H20Cl2N2. The van der Waals surface area contributed by atoms with E-state index in [1.807, 2.05) is 18.2 Å². The molecule has 4 heteroatoms. The lowest BCUT2D eigenvalue weighted by Gasteiger charge is -2.27. The lowest BCUT2D eigenvalue weighted by Crippen LogP contribution is -2.18. The summed E-state index contributed by atoms with van der Waals surface area (Å²) in [6.07, 6.45) is 5.27.